The minimum Gasteiger partial charge on any atom is -0.494 e. The Morgan fingerprint density at radius 1 is 1.04 bits per heavy atom. The third-order valence-corrected chi connectivity index (χ3v) is 9.83. The van der Waals surface area contributed by atoms with Crippen LogP contribution in [0, 0.1) is 0 Å². The number of Topliss-reactive ketones (excluding diaryl/α,β-unsaturated/α-hetero) is 1. The Morgan fingerprint density at radius 3 is 2.41 bits per heavy atom. The summed E-state index contributed by atoms with van der Waals surface area (Å²) in [6.07, 6.45) is 7.86. The smallest absolute Gasteiger partial charge is 0.196 e. The lowest BCUT2D eigenvalue weighted by atomic mass is 9.78. The molecule has 0 saturated carbocycles. The Morgan fingerprint density at radius 2 is 1.75 bits per heavy atom. The summed E-state index contributed by atoms with van der Waals surface area (Å²) in [6, 6.07) is 25.5. The Balaban J connectivity index is 1.10. The second-order valence-electron chi connectivity index (χ2n) is 13.7. The van der Waals surface area contributed by atoms with Crippen LogP contribution in [0.5, 0.6) is 5.75 Å². The van der Waals surface area contributed by atoms with Crippen LogP contribution >= 0.6 is 0 Å². The van der Waals surface area contributed by atoms with Gasteiger partial charge in [-0.2, -0.15) is 0 Å². The van der Waals surface area contributed by atoms with Crippen molar-refractivity contribution in [3.05, 3.63) is 156 Å². The molecule has 264 valence electrons. The number of nitrogens with zero attached hydrogens (tertiary/aromatic N) is 3. The molecule has 0 radical (unpaired) electrons. The number of aryl methyl sites for hydroxylation is 2. The summed E-state index contributed by atoms with van der Waals surface area (Å²) in [5.74, 6) is 1.02. The molecule has 3 aromatic carbocycles. The zero-order chi connectivity index (χ0) is 36.5. The maximum Gasteiger partial charge on any atom is 0.196 e. The molecule has 0 spiro atoms. The standard InChI is InChI=1S/C44H51N5O2/c1-9-39-40(32(4)49(8)42-25-14-30(2)47-31(42)3)12-10-13-41(39)45-27-11-29-51-38-23-20-36(21-24-38)44(6,7)35-18-15-34(16-19-35)17-22-37-26-28-46-43(48-37)33(5)50/h9-10,12-13,15-16,18-21,23-24,26,28,42,45,47H,1-4,11,14,17,22,25,27,29H2,5-8H3. The number of hydrogen-bond acceptors (Lipinski definition) is 7. The Kier molecular flexibility index (Phi) is 11.9. The molecule has 2 heterocycles. The van der Waals surface area contributed by atoms with Gasteiger partial charge in [0.1, 0.15) is 5.75 Å². The highest BCUT2D eigenvalue weighted by Gasteiger charge is 2.26. The molecule has 7 nitrogen and oxygen atoms in total. The molecule has 7 heteroatoms. The maximum absolute atomic E-state index is 11.6. The lowest BCUT2D eigenvalue weighted by molar-refractivity contribution is 0.100. The number of carbonyl (C=O) groups excluding carboxylic acids is 1. The number of hydrogen-bond donors (Lipinski definition) is 2. The topological polar surface area (TPSA) is 79.4 Å². The van der Waals surface area contributed by atoms with Gasteiger partial charge < -0.3 is 20.3 Å². The van der Waals surface area contributed by atoms with Gasteiger partial charge in [-0.25, -0.2) is 9.97 Å². The second kappa shape index (κ2) is 16.5. The van der Waals surface area contributed by atoms with Crippen LogP contribution in [0.2, 0.25) is 0 Å². The van der Waals surface area contributed by atoms with Gasteiger partial charge >= 0.3 is 0 Å². The molecule has 1 unspecified atom stereocenters. The van der Waals surface area contributed by atoms with Gasteiger partial charge in [0.15, 0.2) is 11.6 Å². The Hall–Kier alpha value is -5.43. The molecule has 1 aliphatic rings. The van der Waals surface area contributed by atoms with Crippen molar-refractivity contribution in [2.45, 2.75) is 64.3 Å². The number of likely N-dealkylation sites (N-methyl/N-ethyl adjacent to an activating group) is 1. The van der Waals surface area contributed by atoms with Crippen molar-refractivity contribution < 1.29 is 9.53 Å². The zero-order valence-electron chi connectivity index (χ0n) is 30.6. The number of anilines is 1. The molecule has 0 bridgehead atoms. The lowest BCUT2D eigenvalue weighted by Crippen LogP contribution is -2.39. The first-order valence-corrected chi connectivity index (χ1v) is 17.7. The normalized spacial score (nSPS) is 14.4. The highest BCUT2D eigenvalue weighted by molar-refractivity contribution is 5.90. The predicted octanol–water partition coefficient (Wildman–Crippen LogP) is 9.00. The summed E-state index contributed by atoms with van der Waals surface area (Å²) in [6.45, 7) is 24.2. The number of nitrogens with one attached hydrogen (secondary N) is 2. The zero-order valence-corrected chi connectivity index (χ0v) is 30.6. The van der Waals surface area contributed by atoms with Crippen LogP contribution < -0.4 is 15.4 Å². The average molecular weight is 682 g/mol. The summed E-state index contributed by atoms with van der Waals surface area (Å²) in [5.41, 5.74) is 10.4. The molecule has 2 N–H and O–H groups in total. The maximum atomic E-state index is 11.6. The van der Waals surface area contributed by atoms with E-state index in [-0.39, 0.29) is 23.1 Å². The van der Waals surface area contributed by atoms with Crippen LogP contribution in [0.25, 0.3) is 11.8 Å². The predicted molar refractivity (Wildman–Crippen MR) is 211 cm³/mol. The number of allylic oxidation sites excluding steroid dienone is 1. The summed E-state index contributed by atoms with van der Waals surface area (Å²) < 4.78 is 6.12. The van der Waals surface area contributed by atoms with Crippen molar-refractivity contribution >= 4 is 23.2 Å². The van der Waals surface area contributed by atoms with Crippen LogP contribution in [0.4, 0.5) is 5.69 Å². The van der Waals surface area contributed by atoms with E-state index in [4.69, 9.17) is 4.74 Å². The van der Waals surface area contributed by atoms with E-state index < -0.39 is 0 Å². The van der Waals surface area contributed by atoms with Gasteiger partial charge in [0.05, 0.1) is 12.6 Å². The van der Waals surface area contributed by atoms with Gasteiger partial charge in [-0.1, -0.05) is 94.8 Å². The van der Waals surface area contributed by atoms with Crippen molar-refractivity contribution in [2.24, 2.45) is 0 Å². The molecule has 0 amide bonds. The SMILES string of the molecule is C=Cc1c(NCCCOc2ccc(C(C)(C)c3ccc(CCc4ccnc(C(C)=O)n4)cc3)cc2)cccc1C(=C)N(C)C1CCC(=C)NC1=C. The van der Waals surface area contributed by atoms with Crippen molar-refractivity contribution in [3.8, 4) is 5.75 Å². The number of benzene rings is 3. The monoisotopic (exact) mass is 681 g/mol. The first kappa shape index (κ1) is 36.8. The Bertz CT molecular complexity index is 1890. The van der Waals surface area contributed by atoms with Crippen LogP contribution in [0.3, 0.4) is 0 Å². The first-order chi connectivity index (χ1) is 24.5. The van der Waals surface area contributed by atoms with E-state index in [9.17, 15) is 4.79 Å². The van der Waals surface area contributed by atoms with Gasteiger partial charge in [0.2, 0.25) is 0 Å². The van der Waals surface area contributed by atoms with E-state index >= 15 is 0 Å². The fourth-order valence-corrected chi connectivity index (χ4v) is 6.54. The molecule has 51 heavy (non-hydrogen) atoms. The van der Waals surface area contributed by atoms with E-state index in [0.717, 1.165) is 84.0 Å². The molecule has 1 aliphatic heterocycles. The molecule has 4 aromatic rings. The van der Waals surface area contributed by atoms with Crippen molar-refractivity contribution in [3.63, 3.8) is 0 Å². The third-order valence-electron chi connectivity index (χ3n) is 9.83. The van der Waals surface area contributed by atoms with Crippen LogP contribution in [-0.4, -0.2) is 46.9 Å². The molecule has 1 aromatic heterocycles. The number of ketones is 1. The highest BCUT2D eigenvalue weighted by atomic mass is 16.5. The number of ether oxygens (including phenoxy) is 1. The van der Waals surface area contributed by atoms with Gasteiger partial charge in [-0.3, -0.25) is 4.79 Å². The summed E-state index contributed by atoms with van der Waals surface area (Å²) in [7, 11) is 2.07. The molecule has 1 atom stereocenters. The van der Waals surface area contributed by atoms with Crippen molar-refractivity contribution in [2.75, 3.05) is 25.5 Å². The minimum absolute atomic E-state index is 0.115. The third kappa shape index (κ3) is 9.03. The van der Waals surface area contributed by atoms with Crippen molar-refractivity contribution in [1.82, 2.24) is 20.2 Å². The van der Waals surface area contributed by atoms with Crippen LogP contribution in [-0.2, 0) is 18.3 Å². The summed E-state index contributed by atoms with van der Waals surface area (Å²) >= 11 is 0. The molecular weight excluding hydrogens is 631 g/mol. The lowest BCUT2D eigenvalue weighted by Gasteiger charge is -2.37. The van der Waals surface area contributed by atoms with E-state index in [1.165, 1.54) is 23.6 Å². The van der Waals surface area contributed by atoms with Gasteiger partial charge in [-0.05, 0) is 73.1 Å². The molecule has 1 saturated heterocycles. The number of rotatable bonds is 16. The molecule has 5 rings (SSSR count). The van der Waals surface area contributed by atoms with Crippen LogP contribution in [0.15, 0.2) is 117 Å². The second-order valence-corrected chi connectivity index (χ2v) is 13.7. The average Bonchev–Trinajstić information content (AvgIpc) is 3.13. The fourth-order valence-electron chi connectivity index (χ4n) is 6.54. The molecular formula is C44H51N5O2. The number of carbonyl (C=O) groups is 1. The van der Waals surface area contributed by atoms with Crippen LogP contribution in [0.1, 0.15) is 84.2 Å². The van der Waals surface area contributed by atoms with E-state index in [0.29, 0.717) is 6.61 Å². The molecule has 0 aliphatic carbocycles. The number of aromatic nitrogens is 2. The van der Waals surface area contributed by atoms with E-state index in [2.05, 4.69) is 139 Å². The van der Waals surface area contributed by atoms with E-state index in [1.54, 1.807) is 6.20 Å². The van der Waals surface area contributed by atoms with Gasteiger partial charge in [0.25, 0.3) is 0 Å². The molecule has 1 fully saturated rings. The van der Waals surface area contributed by atoms with Gasteiger partial charge in [0, 0.05) is 71.7 Å². The van der Waals surface area contributed by atoms with Gasteiger partial charge in [-0.15, -0.1) is 0 Å². The van der Waals surface area contributed by atoms with E-state index in [1.807, 2.05) is 12.1 Å². The summed E-state index contributed by atoms with van der Waals surface area (Å²) in [5, 5.41) is 6.89. The number of piperidine rings is 1. The highest BCUT2D eigenvalue weighted by Crippen LogP contribution is 2.34. The Labute approximate surface area is 303 Å². The summed E-state index contributed by atoms with van der Waals surface area (Å²) in [4.78, 5) is 22.2. The van der Waals surface area contributed by atoms with Crippen molar-refractivity contribution in [1.29, 1.82) is 0 Å². The largest absolute Gasteiger partial charge is 0.494 e. The minimum atomic E-state index is -0.169. The fraction of sp³-hybridized carbons (Fsp3) is 0.295. The quantitative estimate of drug-likeness (QED) is 0.0903. The first-order valence-electron chi connectivity index (χ1n) is 17.7.